The maximum absolute atomic E-state index is 12.7. The van der Waals surface area contributed by atoms with E-state index in [2.05, 4.69) is 15.8 Å². The van der Waals surface area contributed by atoms with Crippen LogP contribution >= 0.6 is 0 Å². The molecule has 0 spiro atoms. The lowest BCUT2D eigenvalue weighted by Gasteiger charge is -2.18. The molecule has 3 rings (SSSR count). The number of hydrogen-bond acceptors (Lipinski definition) is 6. The summed E-state index contributed by atoms with van der Waals surface area (Å²) in [5.74, 6) is -1.18. The Morgan fingerprint density at radius 3 is 2.31 bits per heavy atom. The molecule has 9 nitrogen and oxygen atoms in total. The van der Waals surface area contributed by atoms with Crippen molar-refractivity contribution in [1.29, 1.82) is 0 Å². The SMILES string of the molecule is COc1cc(/C=N\NC(=O)C[C@@H](NC(=O)c2ccccc2)c2ccccc2)ccc1OCC(=O)O. The van der Waals surface area contributed by atoms with E-state index in [1.54, 1.807) is 42.5 Å². The molecule has 0 aliphatic carbocycles. The number of aliphatic carboxylic acids is 1. The highest BCUT2D eigenvalue weighted by atomic mass is 16.5. The number of carbonyl (C=O) groups is 3. The van der Waals surface area contributed by atoms with Crippen LogP contribution in [-0.2, 0) is 9.59 Å². The van der Waals surface area contributed by atoms with E-state index in [4.69, 9.17) is 14.6 Å². The third kappa shape index (κ3) is 7.71. The lowest BCUT2D eigenvalue weighted by molar-refractivity contribution is -0.139. The van der Waals surface area contributed by atoms with Gasteiger partial charge in [-0.25, -0.2) is 10.2 Å². The summed E-state index contributed by atoms with van der Waals surface area (Å²) >= 11 is 0. The quantitative estimate of drug-likeness (QED) is 0.289. The van der Waals surface area contributed by atoms with Gasteiger partial charge < -0.3 is 19.9 Å². The summed E-state index contributed by atoms with van der Waals surface area (Å²) < 4.78 is 10.4. The predicted molar refractivity (Wildman–Crippen MR) is 130 cm³/mol. The van der Waals surface area contributed by atoms with Crippen LogP contribution in [-0.4, -0.2) is 42.8 Å². The van der Waals surface area contributed by atoms with Crippen LogP contribution in [0.3, 0.4) is 0 Å². The van der Waals surface area contributed by atoms with Crippen LogP contribution in [0.1, 0.15) is 33.9 Å². The van der Waals surface area contributed by atoms with E-state index in [1.807, 2.05) is 36.4 Å². The zero-order valence-electron chi connectivity index (χ0n) is 19.0. The minimum Gasteiger partial charge on any atom is -0.493 e. The number of carboxylic acids is 1. The van der Waals surface area contributed by atoms with Crippen LogP contribution in [0.4, 0.5) is 0 Å². The van der Waals surface area contributed by atoms with Gasteiger partial charge in [0.2, 0.25) is 5.91 Å². The molecule has 0 fully saturated rings. The molecule has 3 aromatic rings. The number of benzene rings is 3. The van der Waals surface area contributed by atoms with Crippen molar-refractivity contribution < 1.29 is 29.0 Å². The highest BCUT2D eigenvalue weighted by Crippen LogP contribution is 2.27. The van der Waals surface area contributed by atoms with Gasteiger partial charge in [-0.3, -0.25) is 9.59 Å². The number of carboxylic acid groups (broad SMARTS) is 1. The number of rotatable bonds is 11. The standard InChI is InChI=1S/C26H25N3O6/c1-34-23-14-18(12-13-22(23)35-17-25(31)32)16-27-29-24(30)15-21(19-8-4-2-5-9-19)28-26(33)20-10-6-3-7-11-20/h2-14,16,21H,15,17H2,1H3,(H,28,33)(H,29,30)(H,31,32)/b27-16-/t21-/m1/s1. The molecule has 0 saturated carbocycles. The van der Waals surface area contributed by atoms with Crippen molar-refractivity contribution in [3.05, 3.63) is 95.6 Å². The highest BCUT2D eigenvalue weighted by Gasteiger charge is 2.19. The van der Waals surface area contributed by atoms with Gasteiger partial charge in [0, 0.05) is 5.56 Å². The molecule has 2 amide bonds. The van der Waals surface area contributed by atoms with Crippen molar-refractivity contribution in [3.63, 3.8) is 0 Å². The molecule has 0 aliphatic heterocycles. The minimum atomic E-state index is -1.10. The summed E-state index contributed by atoms with van der Waals surface area (Å²) in [4.78, 5) is 35.9. The Kier molecular flexibility index (Phi) is 8.95. The average molecular weight is 476 g/mol. The van der Waals surface area contributed by atoms with Crippen molar-refractivity contribution in [2.45, 2.75) is 12.5 Å². The van der Waals surface area contributed by atoms with Crippen LogP contribution in [0.25, 0.3) is 0 Å². The first-order valence-electron chi connectivity index (χ1n) is 10.7. The summed E-state index contributed by atoms with van der Waals surface area (Å²) in [6.07, 6.45) is 1.40. The number of nitrogens with one attached hydrogen (secondary N) is 2. The molecule has 180 valence electrons. The zero-order chi connectivity index (χ0) is 25.0. The predicted octanol–water partition coefficient (Wildman–Crippen LogP) is 3.17. The summed E-state index contributed by atoms with van der Waals surface area (Å²) in [6.45, 7) is -0.497. The first-order chi connectivity index (χ1) is 17.0. The van der Waals surface area contributed by atoms with E-state index in [9.17, 15) is 14.4 Å². The van der Waals surface area contributed by atoms with E-state index < -0.39 is 24.5 Å². The number of carbonyl (C=O) groups excluding carboxylic acids is 2. The van der Waals surface area contributed by atoms with E-state index in [-0.39, 0.29) is 18.1 Å². The maximum atomic E-state index is 12.7. The van der Waals surface area contributed by atoms with E-state index in [0.29, 0.717) is 16.9 Å². The van der Waals surface area contributed by atoms with Gasteiger partial charge in [-0.15, -0.1) is 0 Å². The monoisotopic (exact) mass is 475 g/mol. The van der Waals surface area contributed by atoms with Gasteiger partial charge in [0.05, 0.1) is 25.8 Å². The summed E-state index contributed by atoms with van der Waals surface area (Å²) in [5.41, 5.74) is 4.35. The van der Waals surface area contributed by atoms with E-state index in [1.165, 1.54) is 13.3 Å². The van der Waals surface area contributed by atoms with Crippen LogP contribution in [0.15, 0.2) is 84.0 Å². The second-order valence-corrected chi connectivity index (χ2v) is 7.39. The van der Waals surface area contributed by atoms with Crippen LogP contribution < -0.4 is 20.2 Å². The number of ether oxygens (including phenoxy) is 2. The number of methoxy groups -OCH3 is 1. The molecule has 35 heavy (non-hydrogen) atoms. The Labute approximate surface area is 202 Å². The third-order valence-corrected chi connectivity index (χ3v) is 4.87. The van der Waals surface area contributed by atoms with E-state index >= 15 is 0 Å². The number of nitrogens with zero attached hydrogens (tertiary/aromatic N) is 1. The molecule has 3 aromatic carbocycles. The molecular weight excluding hydrogens is 450 g/mol. The Morgan fingerprint density at radius 2 is 1.66 bits per heavy atom. The fraction of sp³-hybridized carbons (Fsp3) is 0.154. The summed E-state index contributed by atoms with van der Waals surface area (Å²) in [6, 6.07) is 22.2. The van der Waals surface area contributed by atoms with Gasteiger partial charge >= 0.3 is 5.97 Å². The van der Waals surface area contributed by atoms with Crippen LogP contribution in [0, 0.1) is 0 Å². The van der Waals surface area contributed by atoms with Gasteiger partial charge in [0.1, 0.15) is 0 Å². The Balaban J connectivity index is 1.64. The van der Waals surface area contributed by atoms with Crippen molar-refractivity contribution in [2.24, 2.45) is 5.10 Å². The first-order valence-corrected chi connectivity index (χ1v) is 10.7. The Hall–Kier alpha value is -4.66. The molecule has 0 unspecified atom stereocenters. The van der Waals surface area contributed by atoms with Crippen LogP contribution in [0.2, 0.25) is 0 Å². The van der Waals surface area contributed by atoms with Crippen LogP contribution in [0.5, 0.6) is 11.5 Å². The van der Waals surface area contributed by atoms with Gasteiger partial charge in [-0.2, -0.15) is 5.10 Å². The molecule has 0 radical (unpaired) electrons. The van der Waals surface area contributed by atoms with Gasteiger partial charge in [0.15, 0.2) is 18.1 Å². The first kappa shape index (κ1) is 25.0. The molecule has 0 aromatic heterocycles. The fourth-order valence-electron chi connectivity index (χ4n) is 3.20. The number of hydrazone groups is 1. The van der Waals surface area contributed by atoms with Crippen molar-refractivity contribution in [1.82, 2.24) is 10.7 Å². The maximum Gasteiger partial charge on any atom is 0.341 e. The lowest BCUT2D eigenvalue weighted by atomic mass is 10.0. The molecule has 0 saturated heterocycles. The van der Waals surface area contributed by atoms with E-state index in [0.717, 1.165) is 5.56 Å². The molecule has 1 atom stereocenters. The normalized spacial score (nSPS) is 11.5. The van der Waals surface area contributed by atoms with Gasteiger partial charge in [0.25, 0.3) is 5.91 Å². The Bertz CT molecular complexity index is 1180. The largest absolute Gasteiger partial charge is 0.493 e. The fourth-order valence-corrected chi connectivity index (χ4v) is 3.20. The lowest BCUT2D eigenvalue weighted by Crippen LogP contribution is -2.32. The molecule has 9 heteroatoms. The third-order valence-electron chi connectivity index (χ3n) is 4.87. The minimum absolute atomic E-state index is 0.0226. The van der Waals surface area contributed by atoms with Crippen molar-refractivity contribution in [3.8, 4) is 11.5 Å². The summed E-state index contributed by atoms with van der Waals surface area (Å²) in [5, 5.41) is 15.6. The second kappa shape index (κ2) is 12.5. The average Bonchev–Trinajstić information content (AvgIpc) is 2.88. The van der Waals surface area contributed by atoms with Crippen molar-refractivity contribution >= 4 is 24.0 Å². The molecule has 0 bridgehead atoms. The smallest absolute Gasteiger partial charge is 0.341 e. The second-order valence-electron chi connectivity index (χ2n) is 7.39. The molecular formula is C26H25N3O6. The zero-order valence-corrected chi connectivity index (χ0v) is 19.0. The molecule has 0 aliphatic rings. The topological polar surface area (TPSA) is 126 Å². The number of hydrogen-bond donors (Lipinski definition) is 3. The molecule has 3 N–H and O–H groups in total. The van der Waals surface area contributed by atoms with Gasteiger partial charge in [-0.1, -0.05) is 48.5 Å². The Morgan fingerprint density at radius 1 is 0.971 bits per heavy atom. The van der Waals surface area contributed by atoms with Crippen molar-refractivity contribution in [2.75, 3.05) is 13.7 Å². The highest BCUT2D eigenvalue weighted by molar-refractivity contribution is 5.94. The molecule has 0 heterocycles. The number of amides is 2. The van der Waals surface area contributed by atoms with Gasteiger partial charge in [-0.05, 0) is 41.5 Å². The summed E-state index contributed by atoms with van der Waals surface area (Å²) in [7, 11) is 1.43.